The van der Waals surface area contributed by atoms with Crippen LogP contribution in [0.5, 0.6) is 5.75 Å². The van der Waals surface area contributed by atoms with Crippen LogP contribution in [0.15, 0.2) is 84.9 Å². The number of alkyl halides is 3. The molecule has 1 atom stereocenters. The molecule has 4 aromatic rings. The maximum Gasteiger partial charge on any atom is 0.416 e. The van der Waals surface area contributed by atoms with Gasteiger partial charge in [0.2, 0.25) is 0 Å². The number of fused-ring (bicyclic) bond motifs is 1. The second-order valence-corrected chi connectivity index (χ2v) is 8.63. The molecule has 1 N–H and O–H groups in total. The summed E-state index contributed by atoms with van der Waals surface area (Å²) >= 11 is 0. The minimum absolute atomic E-state index is 0.302. The summed E-state index contributed by atoms with van der Waals surface area (Å²) in [7, 11) is 0. The van der Waals surface area contributed by atoms with Crippen molar-refractivity contribution in [3.05, 3.63) is 107 Å². The second-order valence-electron chi connectivity index (χ2n) is 8.63. The lowest BCUT2D eigenvalue weighted by atomic mass is 10.0. The van der Waals surface area contributed by atoms with E-state index in [0.717, 1.165) is 39.9 Å². The summed E-state index contributed by atoms with van der Waals surface area (Å²) in [5, 5.41) is 10.1. The van der Waals surface area contributed by atoms with Gasteiger partial charge < -0.3 is 14.6 Å². The van der Waals surface area contributed by atoms with Crippen LogP contribution in [0.25, 0.3) is 10.9 Å². The Hall–Kier alpha value is -3.91. The van der Waals surface area contributed by atoms with Crippen molar-refractivity contribution < 1.29 is 32.5 Å². The van der Waals surface area contributed by atoms with Gasteiger partial charge in [0.25, 0.3) is 0 Å². The highest BCUT2D eigenvalue weighted by atomic mass is 19.4. The number of pyridine rings is 1. The number of carboxylic acids is 1. The molecule has 0 spiro atoms. The summed E-state index contributed by atoms with van der Waals surface area (Å²) in [6.07, 6.45) is -3.17. The smallest absolute Gasteiger partial charge is 0.416 e. The van der Waals surface area contributed by atoms with Crippen LogP contribution in [0.4, 0.5) is 13.2 Å². The molecule has 1 heterocycles. The Labute approximate surface area is 212 Å². The summed E-state index contributed by atoms with van der Waals surface area (Å²) in [6.45, 7) is -0.146. The number of ether oxygens (including phenoxy) is 2. The van der Waals surface area contributed by atoms with E-state index in [1.54, 1.807) is 12.1 Å². The molecule has 0 saturated carbocycles. The molecule has 0 fully saturated rings. The van der Waals surface area contributed by atoms with Gasteiger partial charge in [-0.05, 0) is 66.8 Å². The van der Waals surface area contributed by atoms with Gasteiger partial charge in [0.1, 0.15) is 19.0 Å². The van der Waals surface area contributed by atoms with Crippen LogP contribution in [0.2, 0.25) is 0 Å². The third-order valence-corrected chi connectivity index (χ3v) is 5.92. The molecule has 0 aliphatic rings. The first-order chi connectivity index (χ1) is 17.8. The second kappa shape index (κ2) is 11.9. The number of carbonyl (C=O) groups is 1. The van der Waals surface area contributed by atoms with E-state index in [2.05, 4.69) is 4.98 Å². The number of rotatable bonds is 11. The van der Waals surface area contributed by atoms with Crippen LogP contribution >= 0.6 is 0 Å². The molecule has 1 unspecified atom stereocenters. The Bertz CT molecular complexity index is 1320. The fraction of sp³-hybridized carbons (Fsp3) is 0.241. The summed E-state index contributed by atoms with van der Waals surface area (Å²) in [6, 6.07) is 24.1. The maximum absolute atomic E-state index is 12.8. The summed E-state index contributed by atoms with van der Waals surface area (Å²) in [5.41, 5.74) is 2.58. The van der Waals surface area contributed by atoms with Gasteiger partial charge >= 0.3 is 12.1 Å². The highest BCUT2D eigenvalue weighted by Gasteiger charge is 2.29. The summed E-state index contributed by atoms with van der Waals surface area (Å²) in [4.78, 5) is 15.7. The van der Waals surface area contributed by atoms with E-state index in [0.29, 0.717) is 31.6 Å². The van der Waals surface area contributed by atoms with Crippen molar-refractivity contribution in [1.82, 2.24) is 4.98 Å². The van der Waals surface area contributed by atoms with E-state index in [1.165, 1.54) is 12.1 Å². The molecular weight excluding hydrogens is 483 g/mol. The lowest BCUT2D eigenvalue weighted by molar-refractivity contribution is -0.144. The Balaban J connectivity index is 1.35. The minimum atomic E-state index is -4.36. The zero-order chi connectivity index (χ0) is 26.3. The van der Waals surface area contributed by atoms with Crippen molar-refractivity contribution in [2.24, 2.45) is 0 Å². The van der Waals surface area contributed by atoms with Crippen LogP contribution < -0.4 is 4.74 Å². The topological polar surface area (TPSA) is 68.7 Å². The molecule has 37 heavy (non-hydrogen) atoms. The third-order valence-electron chi connectivity index (χ3n) is 5.92. The van der Waals surface area contributed by atoms with Crippen molar-refractivity contribution in [1.29, 1.82) is 0 Å². The van der Waals surface area contributed by atoms with Crippen LogP contribution in [0, 0.1) is 0 Å². The Morgan fingerprint density at radius 2 is 1.65 bits per heavy atom. The first-order valence-corrected chi connectivity index (χ1v) is 11.8. The molecule has 0 aliphatic heterocycles. The highest BCUT2D eigenvalue weighted by molar-refractivity contribution is 5.78. The predicted molar refractivity (Wildman–Crippen MR) is 133 cm³/mol. The fourth-order valence-electron chi connectivity index (χ4n) is 3.99. The van der Waals surface area contributed by atoms with E-state index in [1.807, 2.05) is 48.5 Å². The summed E-state index contributed by atoms with van der Waals surface area (Å²) < 4.78 is 49.7. The quantitative estimate of drug-likeness (QED) is 0.236. The van der Waals surface area contributed by atoms with Gasteiger partial charge in [-0.3, -0.25) is 0 Å². The van der Waals surface area contributed by atoms with E-state index in [-0.39, 0.29) is 0 Å². The number of para-hydroxylation sites is 1. The molecule has 0 saturated heterocycles. The van der Waals surface area contributed by atoms with E-state index in [4.69, 9.17) is 14.6 Å². The number of hydrogen-bond acceptors (Lipinski definition) is 4. The van der Waals surface area contributed by atoms with Crippen LogP contribution in [-0.4, -0.2) is 22.7 Å². The zero-order valence-corrected chi connectivity index (χ0v) is 19.9. The first-order valence-electron chi connectivity index (χ1n) is 11.8. The van der Waals surface area contributed by atoms with Crippen molar-refractivity contribution >= 4 is 16.9 Å². The van der Waals surface area contributed by atoms with E-state index < -0.39 is 30.4 Å². The number of aryl methyl sites for hydroxylation is 1. The summed E-state index contributed by atoms with van der Waals surface area (Å²) in [5.74, 6) is -0.434. The lowest BCUT2D eigenvalue weighted by Gasteiger charge is -2.18. The van der Waals surface area contributed by atoms with Gasteiger partial charge in [0, 0.05) is 5.39 Å². The molecule has 192 valence electrons. The monoisotopic (exact) mass is 509 g/mol. The Morgan fingerprint density at radius 1 is 0.919 bits per heavy atom. The van der Waals surface area contributed by atoms with Crippen LogP contribution in [0.3, 0.4) is 0 Å². The van der Waals surface area contributed by atoms with Crippen LogP contribution in [0.1, 0.15) is 41.3 Å². The number of carboxylic acid groups (broad SMARTS) is 1. The Morgan fingerprint density at radius 3 is 2.35 bits per heavy atom. The van der Waals surface area contributed by atoms with Gasteiger partial charge in [0.05, 0.1) is 22.9 Å². The normalized spacial score (nSPS) is 12.4. The minimum Gasteiger partial charge on any atom is -0.487 e. The molecule has 0 aliphatic carbocycles. The third kappa shape index (κ3) is 7.54. The maximum atomic E-state index is 12.8. The van der Waals surface area contributed by atoms with Gasteiger partial charge in [-0.15, -0.1) is 0 Å². The zero-order valence-electron chi connectivity index (χ0n) is 19.9. The number of aliphatic carboxylic acids is 1. The SMILES string of the molecule is O=C(O)COC(CCCc1ccc(C(F)(F)F)cc1)c1ccc(OCc2ccc3ccccc3n2)cc1. The number of nitrogens with zero attached hydrogens (tertiary/aromatic N) is 1. The molecule has 8 heteroatoms. The van der Waals surface area contributed by atoms with E-state index in [9.17, 15) is 18.0 Å². The molecule has 5 nitrogen and oxygen atoms in total. The van der Waals surface area contributed by atoms with Gasteiger partial charge in [-0.25, -0.2) is 9.78 Å². The van der Waals surface area contributed by atoms with Gasteiger partial charge in [-0.1, -0.05) is 48.5 Å². The molecule has 0 bridgehead atoms. The highest BCUT2D eigenvalue weighted by Crippen LogP contribution is 2.30. The fourth-order valence-corrected chi connectivity index (χ4v) is 3.99. The van der Waals surface area contributed by atoms with E-state index >= 15 is 0 Å². The van der Waals surface area contributed by atoms with Gasteiger partial charge in [-0.2, -0.15) is 13.2 Å². The van der Waals surface area contributed by atoms with Crippen molar-refractivity contribution in [3.8, 4) is 5.75 Å². The van der Waals surface area contributed by atoms with Crippen molar-refractivity contribution in [2.45, 2.75) is 38.1 Å². The molecule has 1 aromatic heterocycles. The predicted octanol–water partition coefficient (Wildman–Crippen LogP) is 7.00. The largest absolute Gasteiger partial charge is 0.487 e. The number of halogens is 3. The van der Waals surface area contributed by atoms with Crippen LogP contribution in [-0.2, 0) is 28.7 Å². The average Bonchev–Trinajstić information content (AvgIpc) is 2.89. The molecule has 0 radical (unpaired) electrons. The Kier molecular flexibility index (Phi) is 8.40. The average molecular weight is 510 g/mol. The number of benzene rings is 3. The van der Waals surface area contributed by atoms with Crippen molar-refractivity contribution in [3.63, 3.8) is 0 Å². The van der Waals surface area contributed by atoms with Crippen molar-refractivity contribution in [2.75, 3.05) is 6.61 Å². The first kappa shape index (κ1) is 26.2. The molecule has 0 amide bonds. The molecular formula is C29H26F3NO4. The molecule has 3 aromatic carbocycles. The molecule has 4 rings (SSSR count). The lowest BCUT2D eigenvalue weighted by Crippen LogP contribution is -2.12. The van der Waals surface area contributed by atoms with Gasteiger partial charge in [0.15, 0.2) is 0 Å². The standard InChI is InChI=1S/C29H26F3NO4/c30-29(31,32)23-13-8-20(9-14-23)4-3-7-27(37-19-28(34)35)22-11-16-25(17-12-22)36-18-24-15-10-21-5-1-2-6-26(21)33-24/h1-2,5-6,8-17,27H,3-4,7,18-19H2,(H,34,35). The number of aromatic nitrogens is 1. The number of hydrogen-bond donors (Lipinski definition) is 1.